The average Bonchev–Trinajstić information content (AvgIpc) is 2.03. The fourth-order valence-electron chi connectivity index (χ4n) is 1.09. The van der Waals surface area contributed by atoms with Crippen LogP contribution in [-0.2, 0) is 5.41 Å². The Morgan fingerprint density at radius 2 is 1.77 bits per heavy atom. The molecule has 13 heavy (non-hydrogen) atoms. The van der Waals surface area contributed by atoms with Gasteiger partial charge in [-0.2, -0.15) is 0 Å². The standard InChI is InChI=1S/C11H16O.CH4/c1-11(2,3)9-6-5-7-10(8-9)12-4;/h5-8H,1-4H3;1H4. The van der Waals surface area contributed by atoms with Crippen molar-refractivity contribution in [1.29, 1.82) is 0 Å². The van der Waals surface area contributed by atoms with Crippen LogP contribution in [0.2, 0.25) is 0 Å². The van der Waals surface area contributed by atoms with E-state index in [2.05, 4.69) is 32.9 Å². The van der Waals surface area contributed by atoms with Gasteiger partial charge in [-0.1, -0.05) is 40.3 Å². The molecule has 0 fully saturated rings. The average molecular weight is 180 g/mol. The molecule has 0 heterocycles. The molecule has 0 radical (unpaired) electrons. The molecule has 1 rings (SSSR count). The van der Waals surface area contributed by atoms with Gasteiger partial charge in [0, 0.05) is 0 Å². The molecule has 0 aliphatic carbocycles. The molecule has 0 aliphatic heterocycles. The van der Waals surface area contributed by atoms with Crippen molar-refractivity contribution >= 4 is 0 Å². The highest BCUT2D eigenvalue weighted by Crippen LogP contribution is 2.25. The van der Waals surface area contributed by atoms with E-state index in [0.29, 0.717) is 0 Å². The van der Waals surface area contributed by atoms with Gasteiger partial charge in [-0.3, -0.25) is 0 Å². The first-order valence-electron chi connectivity index (χ1n) is 4.18. The zero-order valence-electron chi connectivity index (χ0n) is 8.22. The molecule has 0 bridgehead atoms. The Kier molecular flexibility index (Phi) is 3.99. The first-order chi connectivity index (χ1) is 5.54. The Morgan fingerprint density at radius 1 is 1.15 bits per heavy atom. The zero-order chi connectivity index (χ0) is 9.19. The van der Waals surface area contributed by atoms with Crippen LogP contribution in [0.15, 0.2) is 24.3 Å². The number of hydrogen-bond acceptors (Lipinski definition) is 1. The summed E-state index contributed by atoms with van der Waals surface area (Å²) in [5.41, 5.74) is 1.51. The highest BCUT2D eigenvalue weighted by molar-refractivity contribution is 5.32. The van der Waals surface area contributed by atoms with E-state index in [-0.39, 0.29) is 12.8 Å². The summed E-state index contributed by atoms with van der Waals surface area (Å²) < 4.78 is 5.15. The molecule has 0 atom stereocenters. The second-order valence-corrected chi connectivity index (χ2v) is 3.98. The first kappa shape index (κ1) is 12.0. The normalized spacial score (nSPS) is 10.5. The number of ether oxygens (including phenoxy) is 1. The van der Waals surface area contributed by atoms with Crippen molar-refractivity contribution in [3.8, 4) is 5.75 Å². The van der Waals surface area contributed by atoms with Crippen molar-refractivity contribution in [1.82, 2.24) is 0 Å². The molecule has 0 amide bonds. The summed E-state index contributed by atoms with van der Waals surface area (Å²) >= 11 is 0. The monoisotopic (exact) mass is 180 g/mol. The molecule has 0 aliphatic rings. The number of hydrogen-bond donors (Lipinski definition) is 0. The van der Waals surface area contributed by atoms with E-state index in [9.17, 15) is 0 Å². The molecule has 0 aromatic heterocycles. The molecular formula is C12H20O. The summed E-state index contributed by atoms with van der Waals surface area (Å²) in [6, 6.07) is 8.21. The molecule has 0 spiro atoms. The van der Waals surface area contributed by atoms with Crippen LogP contribution in [0.25, 0.3) is 0 Å². The summed E-state index contributed by atoms with van der Waals surface area (Å²) in [6.07, 6.45) is 0. The molecule has 0 saturated heterocycles. The highest BCUT2D eigenvalue weighted by Gasteiger charge is 2.13. The molecule has 1 aromatic carbocycles. The zero-order valence-corrected chi connectivity index (χ0v) is 8.22. The molecule has 1 nitrogen and oxygen atoms in total. The lowest BCUT2D eigenvalue weighted by Crippen LogP contribution is -2.10. The maximum Gasteiger partial charge on any atom is 0.119 e. The molecule has 74 valence electrons. The summed E-state index contributed by atoms with van der Waals surface area (Å²) in [4.78, 5) is 0. The lowest BCUT2D eigenvalue weighted by atomic mass is 9.87. The van der Waals surface area contributed by atoms with E-state index in [1.54, 1.807) is 7.11 Å². The minimum Gasteiger partial charge on any atom is -0.497 e. The lowest BCUT2D eigenvalue weighted by Gasteiger charge is -2.19. The SMILES string of the molecule is C.COc1cccc(C(C)(C)C)c1. The molecule has 1 aromatic rings. The van der Waals surface area contributed by atoms with Crippen molar-refractivity contribution < 1.29 is 4.74 Å². The maximum absolute atomic E-state index is 5.15. The van der Waals surface area contributed by atoms with Gasteiger partial charge in [-0.05, 0) is 23.1 Å². The van der Waals surface area contributed by atoms with Gasteiger partial charge in [0.1, 0.15) is 5.75 Å². The van der Waals surface area contributed by atoms with Gasteiger partial charge >= 0.3 is 0 Å². The molecule has 0 saturated carbocycles. The third-order valence-corrected chi connectivity index (χ3v) is 1.94. The van der Waals surface area contributed by atoms with Gasteiger partial charge in [-0.15, -0.1) is 0 Å². The van der Waals surface area contributed by atoms with Crippen LogP contribution in [0, 0.1) is 0 Å². The van der Waals surface area contributed by atoms with E-state index in [0.717, 1.165) is 5.75 Å². The fourth-order valence-corrected chi connectivity index (χ4v) is 1.09. The predicted molar refractivity (Wildman–Crippen MR) is 58.4 cm³/mol. The van der Waals surface area contributed by atoms with Crippen LogP contribution in [0.1, 0.15) is 33.8 Å². The largest absolute Gasteiger partial charge is 0.497 e. The van der Waals surface area contributed by atoms with E-state index < -0.39 is 0 Å². The topological polar surface area (TPSA) is 9.23 Å². The fraction of sp³-hybridized carbons (Fsp3) is 0.500. The molecule has 0 unspecified atom stereocenters. The van der Waals surface area contributed by atoms with E-state index in [4.69, 9.17) is 4.74 Å². The smallest absolute Gasteiger partial charge is 0.119 e. The summed E-state index contributed by atoms with van der Waals surface area (Å²) in [5, 5.41) is 0. The van der Waals surface area contributed by atoms with Crippen molar-refractivity contribution in [3.05, 3.63) is 29.8 Å². The Morgan fingerprint density at radius 3 is 2.23 bits per heavy atom. The van der Waals surface area contributed by atoms with E-state index in [1.807, 2.05) is 12.1 Å². The van der Waals surface area contributed by atoms with Crippen LogP contribution >= 0.6 is 0 Å². The number of rotatable bonds is 1. The highest BCUT2D eigenvalue weighted by atomic mass is 16.5. The van der Waals surface area contributed by atoms with Gasteiger partial charge in [0.15, 0.2) is 0 Å². The maximum atomic E-state index is 5.15. The van der Waals surface area contributed by atoms with Gasteiger partial charge in [0.2, 0.25) is 0 Å². The second kappa shape index (κ2) is 4.31. The Hall–Kier alpha value is -0.980. The molecule has 0 N–H and O–H groups in total. The van der Waals surface area contributed by atoms with E-state index >= 15 is 0 Å². The van der Waals surface area contributed by atoms with Crippen LogP contribution in [0.3, 0.4) is 0 Å². The van der Waals surface area contributed by atoms with E-state index in [1.165, 1.54) is 5.56 Å². The van der Waals surface area contributed by atoms with Gasteiger partial charge in [0.05, 0.1) is 7.11 Å². The van der Waals surface area contributed by atoms with Gasteiger partial charge < -0.3 is 4.74 Å². The molecular weight excluding hydrogens is 160 g/mol. The van der Waals surface area contributed by atoms with Crippen molar-refractivity contribution in [2.24, 2.45) is 0 Å². The Bertz CT molecular complexity index is 258. The van der Waals surface area contributed by atoms with Gasteiger partial charge in [0.25, 0.3) is 0 Å². The number of benzene rings is 1. The Labute approximate surface area is 81.7 Å². The van der Waals surface area contributed by atoms with Crippen molar-refractivity contribution in [2.45, 2.75) is 33.6 Å². The summed E-state index contributed by atoms with van der Waals surface area (Å²) in [5.74, 6) is 0.933. The van der Waals surface area contributed by atoms with Crippen LogP contribution in [-0.4, -0.2) is 7.11 Å². The minimum absolute atomic E-state index is 0. The summed E-state index contributed by atoms with van der Waals surface area (Å²) in [7, 11) is 1.70. The lowest BCUT2D eigenvalue weighted by molar-refractivity contribution is 0.412. The van der Waals surface area contributed by atoms with Crippen LogP contribution in [0.4, 0.5) is 0 Å². The number of methoxy groups -OCH3 is 1. The third kappa shape index (κ3) is 3.10. The quantitative estimate of drug-likeness (QED) is 0.641. The van der Waals surface area contributed by atoms with Crippen LogP contribution in [0.5, 0.6) is 5.75 Å². The van der Waals surface area contributed by atoms with Crippen molar-refractivity contribution in [3.63, 3.8) is 0 Å². The van der Waals surface area contributed by atoms with Crippen molar-refractivity contribution in [2.75, 3.05) is 7.11 Å². The summed E-state index contributed by atoms with van der Waals surface area (Å²) in [6.45, 7) is 6.59. The van der Waals surface area contributed by atoms with Gasteiger partial charge in [-0.25, -0.2) is 0 Å². The predicted octanol–water partition coefficient (Wildman–Crippen LogP) is 3.63. The van der Waals surface area contributed by atoms with Crippen LogP contribution < -0.4 is 4.74 Å². The second-order valence-electron chi connectivity index (χ2n) is 3.98. The third-order valence-electron chi connectivity index (χ3n) is 1.94. The minimum atomic E-state index is 0. The Balaban J connectivity index is 0.00000144. The molecule has 1 heteroatoms. The first-order valence-corrected chi connectivity index (χ1v) is 4.18.